The highest BCUT2D eigenvalue weighted by Crippen LogP contribution is 2.20. The summed E-state index contributed by atoms with van der Waals surface area (Å²) in [6, 6.07) is 11.1. The van der Waals surface area contributed by atoms with E-state index in [0.717, 1.165) is 23.4 Å². The lowest BCUT2D eigenvalue weighted by molar-refractivity contribution is 0.123. The molecule has 0 bridgehead atoms. The predicted molar refractivity (Wildman–Crippen MR) is 93.3 cm³/mol. The summed E-state index contributed by atoms with van der Waals surface area (Å²) in [4.78, 5) is 8.42. The van der Waals surface area contributed by atoms with Gasteiger partial charge in [-0.25, -0.2) is 9.97 Å². The average molecular weight is 351 g/mol. The Morgan fingerprint density at radius 1 is 0.913 bits per heavy atom. The minimum Gasteiger partial charge on any atom is -0.377 e. The van der Waals surface area contributed by atoms with Gasteiger partial charge in [0.05, 0.1) is 0 Å². The van der Waals surface area contributed by atoms with Gasteiger partial charge in [0.1, 0.15) is 0 Å². The molecule has 0 aliphatic heterocycles. The normalized spacial score (nSPS) is 11.6. The molecule has 0 saturated heterocycles. The van der Waals surface area contributed by atoms with Crippen LogP contribution in [0.5, 0.6) is 0 Å². The zero-order chi connectivity index (χ0) is 16.5. The highest BCUT2D eigenvalue weighted by molar-refractivity contribution is 7.98. The third kappa shape index (κ3) is 5.40. The fourth-order valence-electron chi connectivity index (χ4n) is 2.16. The lowest BCUT2D eigenvalue weighted by Crippen LogP contribution is -2.43. The Morgan fingerprint density at radius 2 is 1.48 bits per heavy atom. The smallest absolute Gasteiger partial charge is 0.377 e. The third-order valence-corrected chi connectivity index (χ3v) is 7.26. The Hall–Kier alpha value is -1.25. The molecule has 5 nitrogen and oxygen atoms in total. The van der Waals surface area contributed by atoms with Crippen molar-refractivity contribution in [1.82, 2.24) is 9.97 Å². The maximum absolute atomic E-state index is 5.45. The predicted octanol–water partition coefficient (Wildman–Crippen LogP) is 3.19. The summed E-state index contributed by atoms with van der Waals surface area (Å²) < 4.78 is 16.3. The molecule has 2 rings (SSSR count). The number of nitrogens with zero attached hydrogens (tertiary/aromatic N) is 2. The van der Waals surface area contributed by atoms with Crippen molar-refractivity contribution in [3.8, 4) is 0 Å². The number of rotatable bonds is 9. The third-order valence-electron chi connectivity index (χ3n) is 3.59. The molecule has 7 heteroatoms. The van der Waals surface area contributed by atoms with Crippen LogP contribution in [0, 0.1) is 0 Å². The summed E-state index contributed by atoms with van der Waals surface area (Å²) in [6.07, 6.45) is 4.39. The number of thioether (sulfide) groups is 1. The summed E-state index contributed by atoms with van der Waals surface area (Å²) in [5, 5.41) is 0.799. The number of hydrogen-bond donors (Lipinski definition) is 0. The van der Waals surface area contributed by atoms with Crippen molar-refractivity contribution >= 4 is 20.6 Å². The van der Waals surface area contributed by atoms with Gasteiger partial charge in [-0.05, 0) is 23.6 Å². The van der Waals surface area contributed by atoms with Gasteiger partial charge in [-0.1, -0.05) is 36.0 Å². The monoisotopic (exact) mass is 350 g/mol. The molecule has 0 aliphatic carbocycles. The van der Waals surface area contributed by atoms with Crippen molar-refractivity contribution in [1.29, 1.82) is 0 Å². The van der Waals surface area contributed by atoms with E-state index in [-0.39, 0.29) is 0 Å². The summed E-state index contributed by atoms with van der Waals surface area (Å²) in [7, 11) is 2.44. The van der Waals surface area contributed by atoms with Crippen LogP contribution in [0.25, 0.3) is 0 Å². The molecule has 0 atom stereocenters. The van der Waals surface area contributed by atoms with E-state index < -0.39 is 8.80 Å². The molecule has 0 unspecified atom stereocenters. The molecule has 1 aromatic carbocycles. The maximum atomic E-state index is 5.45. The van der Waals surface area contributed by atoms with Crippen LogP contribution in [0.2, 0.25) is 6.04 Å². The first-order valence-electron chi connectivity index (χ1n) is 7.34. The fraction of sp³-hybridized carbons (Fsp3) is 0.375. The fourth-order valence-corrected chi connectivity index (χ4v) is 4.63. The molecule has 0 N–H and O–H groups in total. The highest BCUT2D eigenvalue weighted by atomic mass is 32.2. The van der Waals surface area contributed by atoms with Crippen LogP contribution in [0.15, 0.2) is 47.9 Å². The first-order chi connectivity index (χ1) is 11.2. The van der Waals surface area contributed by atoms with Crippen LogP contribution in [0.3, 0.4) is 0 Å². The Morgan fingerprint density at radius 3 is 2.04 bits per heavy atom. The largest absolute Gasteiger partial charge is 0.500 e. The summed E-state index contributed by atoms with van der Waals surface area (Å²) in [6.45, 7) is 0. The summed E-state index contributed by atoms with van der Waals surface area (Å²) in [5.74, 6) is 0.858. The van der Waals surface area contributed by atoms with Gasteiger partial charge >= 0.3 is 8.80 Å². The second kappa shape index (κ2) is 9.14. The van der Waals surface area contributed by atoms with Crippen LogP contribution < -0.4 is 0 Å². The molecule has 1 aromatic heterocycles. The second-order valence-electron chi connectivity index (χ2n) is 4.93. The Balaban J connectivity index is 1.87. The van der Waals surface area contributed by atoms with Gasteiger partial charge in [0.15, 0.2) is 5.16 Å². The quantitative estimate of drug-likeness (QED) is 0.393. The lowest BCUT2D eigenvalue weighted by Gasteiger charge is -2.24. The molecule has 0 fully saturated rings. The highest BCUT2D eigenvalue weighted by Gasteiger charge is 2.37. The van der Waals surface area contributed by atoms with Crippen molar-refractivity contribution in [3.63, 3.8) is 0 Å². The van der Waals surface area contributed by atoms with Crippen LogP contribution >= 0.6 is 11.8 Å². The number of aromatic nitrogens is 2. The van der Waals surface area contributed by atoms with Crippen molar-refractivity contribution in [3.05, 3.63) is 53.9 Å². The molecule has 2 aromatic rings. The van der Waals surface area contributed by atoms with Gasteiger partial charge in [0.2, 0.25) is 0 Å². The first-order valence-corrected chi connectivity index (χ1v) is 10.3. The van der Waals surface area contributed by atoms with E-state index in [2.05, 4.69) is 34.2 Å². The van der Waals surface area contributed by atoms with Gasteiger partial charge in [-0.15, -0.1) is 0 Å². The molecule has 0 spiro atoms. The molecule has 23 heavy (non-hydrogen) atoms. The molecule has 0 saturated carbocycles. The van der Waals surface area contributed by atoms with Gasteiger partial charge in [-0.3, -0.25) is 0 Å². The molecular formula is C16H22N2O3SSi. The number of hydrogen-bond acceptors (Lipinski definition) is 6. The van der Waals surface area contributed by atoms with Gasteiger partial charge < -0.3 is 13.3 Å². The molecule has 124 valence electrons. The van der Waals surface area contributed by atoms with E-state index >= 15 is 0 Å². The molecule has 1 heterocycles. The Labute approximate surface area is 142 Å². The van der Waals surface area contributed by atoms with Crippen LogP contribution in [-0.2, 0) is 25.5 Å². The average Bonchev–Trinajstić information content (AvgIpc) is 2.63. The Kier molecular flexibility index (Phi) is 7.19. The number of aryl methyl sites for hydroxylation is 1. The van der Waals surface area contributed by atoms with E-state index in [9.17, 15) is 0 Å². The van der Waals surface area contributed by atoms with Crippen LogP contribution in [-0.4, -0.2) is 40.1 Å². The Bertz CT molecular complexity index is 571. The van der Waals surface area contributed by atoms with Gasteiger partial charge in [0.25, 0.3) is 0 Å². The van der Waals surface area contributed by atoms with Gasteiger partial charge in [0, 0.05) is 45.5 Å². The first kappa shape index (κ1) is 18.1. The van der Waals surface area contributed by atoms with Crippen LogP contribution in [0.1, 0.15) is 11.1 Å². The summed E-state index contributed by atoms with van der Waals surface area (Å²) in [5.41, 5.74) is 2.50. The standard InChI is InChI=1S/C16H22N2O3SSi/c1-19-23(20-2,21-3)12-9-14-5-7-15(8-6-14)13-22-16-17-10-4-11-18-16/h4-8,10-11H,9,12-13H2,1-3H3. The number of benzene rings is 1. The molecular weight excluding hydrogens is 328 g/mol. The summed E-state index contributed by atoms with van der Waals surface area (Å²) >= 11 is 1.63. The van der Waals surface area contributed by atoms with Gasteiger partial charge in [-0.2, -0.15) is 0 Å². The second-order valence-corrected chi connectivity index (χ2v) is 8.97. The minimum absolute atomic E-state index is 0.766. The minimum atomic E-state index is -2.49. The molecule has 0 aliphatic rings. The van der Waals surface area contributed by atoms with E-state index in [1.54, 1.807) is 45.5 Å². The van der Waals surface area contributed by atoms with E-state index in [0.29, 0.717) is 0 Å². The SMILES string of the molecule is CO[Si](CCc1ccc(CSc2ncccn2)cc1)(OC)OC. The van der Waals surface area contributed by atoms with Crippen molar-refractivity contribution in [2.75, 3.05) is 21.3 Å². The van der Waals surface area contributed by atoms with Crippen molar-refractivity contribution in [2.24, 2.45) is 0 Å². The lowest BCUT2D eigenvalue weighted by atomic mass is 10.1. The zero-order valence-electron chi connectivity index (χ0n) is 13.7. The molecule has 0 radical (unpaired) electrons. The maximum Gasteiger partial charge on any atom is 0.500 e. The van der Waals surface area contributed by atoms with Crippen molar-refractivity contribution in [2.45, 2.75) is 23.4 Å². The van der Waals surface area contributed by atoms with E-state index in [1.165, 1.54) is 11.1 Å². The van der Waals surface area contributed by atoms with Crippen LogP contribution in [0.4, 0.5) is 0 Å². The molecule has 0 amide bonds. The zero-order valence-corrected chi connectivity index (χ0v) is 15.5. The van der Waals surface area contributed by atoms with E-state index in [1.807, 2.05) is 6.07 Å². The van der Waals surface area contributed by atoms with E-state index in [4.69, 9.17) is 13.3 Å². The topological polar surface area (TPSA) is 53.5 Å². The van der Waals surface area contributed by atoms with Crippen molar-refractivity contribution < 1.29 is 13.3 Å².